The molecule has 0 aliphatic rings. The molecular weight excluding hydrogens is 266 g/mol. The minimum absolute atomic E-state index is 0.00860. The van der Waals surface area contributed by atoms with Crippen LogP contribution in [0.4, 0.5) is 5.82 Å². The average molecular weight is 281 g/mol. The highest BCUT2D eigenvalue weighted by molar-refractivity contribution is 7.99. The van der Waals surface area contributed by atoms with Crippen molar-refractivity contribution in [2.24, 2.45) is 0 Å². The number of hydrogen-bond donors (Lipinski definition) is 2. The van der Waals surface area contributed by atoms with Gasteiger partial charge in [0.05, 0.1) is 5.75 Å². The number of nitrogens with zero attached hydrogens (tertiary/aromatic N) is 1. The molecule has 2 aromatic rings. The SMILES string of the molecule is CCc1cc(NC(=O)CSCc2cccs2)n[nH]1. The molecule has 2 heterocycles. The van der Waals surface area contributed by atoms with Crippen LogP contribution >= 0.6 is 23.1 Å². The lowest BCUT2D eigenvalue weighted by molar-refractivity contribution is -0.113. The zero-order valence-corrected chi connectivity index (χ0v) is 11.7. The van der Waals surface area contributed by atoms with Crippen molar-refractivity contribution in [2.75, 3.05) is 11.1 Å². The predicted octanol–water partition coefficient (Wildman–Crippen LogP) is 2.91. The summed E-state index contributed by atoms with van der Waals surface area (Å²) in [5.41, 5.74) is 1.02. The van der Waals surface area contributed by atoms with Crippen molar-refractivity contribution in [1.29, 1.82) is 0 Å². The van der Waals surface area contributed by atoms with E-state index in [4.69, 9.17) is 0 Å². The summed E-state index contributed by atoms with van der Waals surface area (Å²) in [5, 5.41) is 11.7. The molecule has 0 saturated carbocycles. The van der Waals surface area contributed by atoms with Crippen LogP contribution in [0.25, 0.3) is 0 Å². The minimum atomic E-state index is -0.00860. The number of aromatic amines is 1. The number of aryl methyl sites for hydroxylation is 1. The quantitative estimate of drug-likeness (QED) is 0.856. The number of H-pyrrole nitrogens is 1. The Hall–Kier alpha value is -1.27. The number of carbonyl (C=O) groups is 1. The highest BCUT2D eigenvalue weighted by atomic mass is 32.2. The van der Waals surface area contributed by atoms with E-state index in [1.54, 1.807) is 23.1 Å². The first-order valence-electron chi connectivity index (χ1n) is 5.72. The lowest BCUT2D eigenvalue weighted by atomic mass is 10.3. The van der Waals surface area contributed by atoms with Gasteiger partial charge in [0.15, 0.2) is 5.82 Å². The number of hydrogen-bond acceptors (Lipinski definition) is 4. The molecule has 0 unspecified atom stereocenters. The Bertz CT molecular complexity index is 493. The van der Waals surface area contributed by atoms with E-state index in [9.17, 15) is 4.79 Å². The van der Waals surface area contributed by atoms with E-state index in [0.29, 0.717) is 11.6 Å². The van der Waals surface area contributed by atoms with Crippen LogP contribution in [-0.4, -0.2) is 21.9 Å². The summed E-state index contributed by atoms with van der Waals surface area (Å²) in [6, 6.07) is 5.97. The molecule has 0 fully saturated rings. The molecule has 0 aliphatic carbocycles. The van der Waals surface area contributed by atoms with E-state index >= 15 is 0 Å². The fourth-order valence-electron chi connectivity index (χ4n) is 1.42. The molecule has 0 radical (unpaired) electrons. The van der Waals surface area contributed by atoms with Gasteiger partial charge in [-0.25, -0.2) is 0 Å². The molecule has 0 atom stereocenters. The molecule has 0 spiro atoms. The van der Waals surface area contributed by atoms with Crippen molar-refractivity contribution in [3.8, 4) is 0 Å². The summed E-state index contributed by atoms with van der Waals surface area (Å²) in [6.45, 7) is 2.04. The van der Waals surface area contributed by atoms with Gasteiger partial charge in [0.25, 0.3) is 0 Å². The smallest absolute Gasteiger partial charge is 0.235 e. The lowest BCUT2D eigenvalue weighted by Crippen LogP contribution is -2.14. The first-order chi connectivity index (χ1) is 8.78. The Labute approximate surface area is 114 Å². The van der Waals surface area contributed by atoms with Crippen molar-refractivity contribution in [3.63, 3.8) is 0 Å². The summed E-state index contributed by atoms with van der Waals surface area (Å²) in [5.74, 6) is 1.93. The van der Waals surface area contributed by atoms with Gasteiger partial charge in [-0.1, -0.05) is 13.0 Å². The van der Waals surface area contributed by atoms with Crippen molar-refractivity contribution < 1.29 is 4.79 Å². The van der Waals surface area contributed by atoms with Gasteiger partial charge in [0.1, 0.15) is 0 Å². The number of anilines is 1. The molecule has 2 aromatic heterocycles. The van der Waals surface area contributed by atoms with Crippen LogP contribution in [0.2, 0.25) is 0 Å². The standard InChI is InChI=1S/C12H15N3OS2/c1-2-9-6-11(15-14-9)13-12(16)8-17-7-10-4-3-5-18-10/h3-6H,2,7-8H2,1H3,(H2,13,14,15,16). The number of nitrogens with one attached hydrogen (secondary N) is 2. The minimum Gasteiger partial charge on any atom is -0.308 e. The first kappa shape index (κ1) is 13.2. The van der Waals surface area contributed by atoms with Crippen LogP contribution in [0.1, 0.15) is 17.5 Å². The largest absolute Gasteiger partial charge is 0.308 e. The van der Waals surface area contributed by atoms with Crippen LogP contribution in [0.5, 0.6) is 0 Å². The Morgan fingerprint density at radius 1 is 1.61 bits per heavy atom. The molecule has 0 bridgehead atoms. The maximum atomic E-state index is 11.7. The Morgan fingerprint density at radius 2 is 2.50 bits per heavy atom. The fraction of sp³-hybridized carbons (Fsp3) is 0.333. The van der Waals surface area contributed by atoms with Crippen molar-refractivity contribution >= 4 is 34.8 Å². The maximum absolute atomic E-state index is 11.7. The van der Waals surface area contributed by atoms with Gasteiger partial charge in [-0.2, -0.15) is 5.10 Å². The van der Waals surface area contributed by atoms with Crippen LogP contribution in [0.15, 0.2) is 23.6 Å². The molecule has 0 aromatic carbocycles. The molecule has 4 nitrogen and oxygen atoms in total. The second-order valence-corrected chi connectivity index (χ2v) is 5.77. The van der Waals surface area contributed by atoms with E-state index in [-0.39, 0.29) is 5.91 Å². The van der Waals surface area contributed by atoms with Crippen molar-refractivity contribution in [2.45, 2.75) is 19.1 Å². The second-order valence-electron chi connectivity index (χ2n) is 3.75. The Morgan fingerprint density at radius 3 is 3.17 bits per heavy atom. The van der Waals surface area contributed by atoms with Crippen LogP contribution in [0, 0.1) is 0 Å². The number of aromatic nitrogens is 2. The van der Waals surface area contributed by atoms with E-state index < -0.39 is 0 Å². The number of thiophene rings is 1. The van der Waals surface area contributed by atoms with Crippen molar-refractivity contribution in [3.05, 3.63) is 34.2 Å². The Balaban J connectivity index is 1.71. The van der Waals surface area contributed by atoms with Crippen LogP contribution in [-0.2, 0) is 17.0 Å². The molecule has 18 heavy (non-hydrogen) atoms. The molecule has 1 amide bonds. The van der Waals surface area contributed by atoms with Gasteiger partial charge in [0.2, 0.25) is 5.91 Å². The number of rotatable bonds is 6. The number of carbonyl (C=O) groups excluding carboxylic acids is 1. The summed E-state index contributed by atoms with van der Waals surface area (Å²) >= 11 is 3.33. The monoisotopic (exact) mass is 281 g/mol. The van der Waals surface area contributed by atoms with Crippen LogP contribution < -0.4 is 5.32 Å². The van der Waals surface area contributed by atoms with E-state index in [2.05, 4.69) is 21.6 Å². The van der Waals surface area contributed by atoms with Gasteiger partial charge in [-0.3, -0.25) is 9.89 Å². The molecule has 0 aliphatic heterocycles. The third-order valence-corrected chi connectivity index (χ3v) is 4.38. The highest BCUT2D eigenvalue weighted by Crippen LogP contribution is 2.17. The second kappa shape index (κ2) is 6.61. The first-order valence-corrected chi connectivity index (χ1v) is 7.75. The summed E-state index contributed by atoms with van der Waals surface area (Å²) in [6.07, 6.45) is 0.885. The summed E-state index contributed by atoms with van der Waals surface area (Å²) in [7, 11) is 0. The number of amides is 1. The van der Waals surface area contributed by atoms with E-state index in [1.165, 1.54) is 4.88 Å². The lowest BCUT2D eigenvalue weighted by Gasteiger charge is -2.00. The zero-order valence-electron chi connectivity index (χ0n) is 10.1. The van der Waals surface area contributed by atoms with Gasteiger partial charge in [0, 0.05) is 22.4 Å². The predicted molar refractivity (Wildman–Crippen MR) is 77.1 cm³/mol. The van der Waals surface area contributed by atoms with E-state index in [0.717, 1.165) is 17.9 Å². The topological polar surface area (TPSA) is 57.8 Å². The highest BCUT2D eigenvalue weighted by Gasteiger charge is 2.06. The molecule has 0 saturated heterocycles. The number of thioether (sulfide) groups is 1. The van der Waals surface area contributed by atoms with Gasteiger partial charge in [-0.15, -0.1) is 23.1 Å². The molecule has 2 N–H and O–H groups in total. The normalized spacial score (nSPS) is 10.5. The summed E-state index contributed by atoms with van der Waals surface area (Å²) < 4.78 is 0. The van der Waals surface area contributed by atoms with E-state index in [1.807, 2.05) is 24.4 Å². The molecule has 96 valence electrons. The zero-order chi connectivity index (χ0) is 12.8. The van der Waals surface area contributed by atoms with Gasteiger partial charge in [-0.05, 0) is 17.9 Å². The van der Waals surface area contributed by atoms with Crippen LogP contribution in [0.3, 0.4) is 0 Å². The maximum Gasteiger partial charge on any atom is 0.235 e. The summed E-state index contributed by atoms with van der Waals surface area (Å²) in [4.78, 5) is 12.9. The van der Waals surface area contributed by atoms with Gasteiger partial charge >= 0.3 is 0 Å². The molecular formula is C12H15N3OS2. The third-order valence-electron chi connectivity index (χ3n) is 2.34. The van der Waals surface area contributed by atoms with Crippen molar-refractivity contribution in [1.82, 2.24) is 10.2 Å². The molecule has 2 rings (SSSR count). The Kier molecular flexibility index (Phi) is 4.83. The van der Waals surface area contributed by atoms with Gasteiger partial charge < -0.3 is 5.32 Å². The average Bonchev–Trinajstić information content (AvgIpc) is 3.00. The third kappa shape index (κ3) is 3.89. The fourth-order valence-corrected chi connectivity index (χ4v) is 3.09. The molecule has 6 heteroatoms.